The number of carbonyl (C=O) groups is 1. The van der Waals surface area contributed by atoms with Gasteiger partial charge < -0.3 is 10.1 Å². The van der Waals surface area contributed by atoms with E-state index >= 15 is 0 Å². The van der Waals surface area contributed by atoms with Gasteiger partial charge in [-0.3, -0.25) is 4.79 Å². The Morgan fingerprint density at radius 1 is 1.08 bits per heavy atom. The predicted octanol–water partition coefficient (Wildman–Crippen LogP) is 4.65. The highest BCUT2D eigenvalue weighted by molar-refractivity contribution is 5.81. The van der Waals surface area contributed by atoms with Crippen molar-refractivity contribution in [2.45, 2.75) is 53.2 Å². The smallest absolute Gasteiger partial charge is 0.261 e. The Labute approximate surface area is 145 Å². The third kappa shape index (κ3) is 4.38. The number of rotatable bonds is 6. The van der Waals surface area contributed by atoms with Gasteiger partial charge in [0.1, 0.15) is 5.75 Å². The van der Waals surface area contributed by atoms with Crippen LogP contribution in [0.5, 0.6) is 5.75 Å². The van der Waals surface area contributed by atoms with Crippen LogP contribution in [0.2, 0.25) is 0 Å². The van der Waals surface area contributed by atoms with Crippen molar-refractivity contribution in [1.29, 1.82) is 0 Å². The molecule has 0 saturated carbocycles. The molecule has 2 aromatic carbocycles. The quantitative estimate of drug-likeness (QED) is 0.840. The highest BCUT2D eigenvalue weighted by atomic mass is 16.5. The summed E-state index contributed by atoms with van der Waals surface area (Å²) in [7, 11) is 0. The van der Waals surface area contributed by atoms with Crippen molar-refractivity contribution in [2.75, 3.05) is 0 Å². The molecule has 24 heavy (non-hydrogen) atoms. The van der Waals surface area contributed by atoms with Crippen LogP contribution in [0.3, 0.4) is 0 Å². The third-order valence-electron chi connectivity index (χ3n) is 4.29. The highest BCUT2D eigenvalue weighted by Gasteiger charge is 2.21. The van der Waals surface area contributed by atoms with Crippen molar-refractivity contribution in [3.8, 4) is 5.75 Å². The predicted molar refractivity (Wildman–Crippen MR) is 98.4 cm³/mol. The Balaban J connectivity index is 2.09. The lowest BCUT2D eigenvalue weighted by Gasteiger charge is -2.22. The first-order valence-corrected chi connectivity index (χ1v) is 8.52. The van der Waals surface area contributed by atoms with Gasteiger partial charge in [0.15, 0.2) is 6.10 Å². The molecule has 2 atom stereocenters. The SMILES string of the molecule is CC[C@@H](Oc1ccccc1C)C(=O)N[C@H](C)c1cc(C)ccc1C. The Bertz CT molecular complexity index is 709. The van der Waals surface area contributed by atoms with Gasteiger partial charge in [0.05, 0.1) is 6.04 Å². The second kappa shape index (κ2) is 8.00. The molecule has 1 amide bonds. The van der Waals surface area contributed by atoms with Crippen LogP contribution in [-0.2, 0) is 4.79 Å². The number of para-hydroxylation sites is 1. The van der Waals surface area contributed by atoms with E-state index in [1.54, 1.807) is 0 Å². The van der Waals surface area contributed by atoms with E-state index in [0.29, 0.717) is 6.42 Å². The molecule has 0 saturated heterocycles. The largest absolute Gasteiger partial charge is 0.480 e. The van der Waals surface area contributed by atoms with Crippen LogP contribution < -0.4 is 10.1 Å². The van der Waals surface area contributed by atoms with E-state index in [2.05, 4.69) is 37.4 Å². The van der Waals surface area contributed by atoms with Gasteiger partial charge in [-0.1, -0.05) is 48.9 Å². The summed E-state index contributed by atoms with van der Waals surface area (Å²) in [5, 5.41) is 3.09. The summed E-state index contributed by atoms with van der Waals surface area (Å²) in [6.45, 7) is 10.1. The molecule has 0 bridgehead atoms. The molecule has 0 aromatic heterocycles. The Kier molecular flexibility index (Phi) is 6.02. The summed E-state index contributed by atoms with van der Waals surface area (Å²) in [6.07, 6.45) is 0.137. The minimum Gasteiger partial charge on any atom is -0.480 e. The maximum Gasteiger partial charge on any atom is 0.261 e. The number of benzene rings is 2. The van der Waals surface area contributed by atoms with E-state index in [1.165, 1.54) is 11.1 Å². The van der Waals surface area contributed by atoms with Gasteiger partial charge in [-0.2, -0.15) is 0 Å². The standard InChI is InChI=1S/C21H27NO2/c1-6-19(24-20-10-8-7-9-16(20)4)21(23)22-17(5)18-13-14(2)11-12-15(18)3/h7-13,17,19H,6H2,1-5H3,(H,22,23)/t17-,19-/m1/s1. The fourth-order valence-electron chi connectivity index (χ4n) is 2.77. The molecule has 0 aliphatic rings. The Hall–Kier alpha value is -2.29. The van der Waals surface area contributed by atoms with E-state index in [9.17, 15) is 4.79 Å². The number of carbonyl (C=O) groups excluding carboxylic acids is 1. The zero-order valence-corrected chi connectivity index (χ0v) is 15.2. The summed E-state index contributed by atoms with van der Waals surface area (Å²) in [5.41, 5.74) is 4.56. The van der Waals surface area contributed by atoms with Crippen LogP contribution >= 0.6 is 0 Å². The van der Waals surface area contributed by atoms with Crippen molar-refractivity contribution in [2.24, 2.45) is 0 Å². The number of hydrogen-bond acceptors (Lipinski definition) is 2. The number of amides is 1. The molecular weight excluding hydrogens is 298 g/mol. The third-order valence-corrected chi connectivity index (χ3v) is 4.29. The number of ether oxygens (including phenoxy) is 1. The molecular formula is C21H27NO2. The van der Waals surface area contributed by atoms with Crippen LogP contribution in [0.25, 0.3) is 0 Å². The summed E-state index contributed by atoms with van der Waals surface area (Å²) in [4.78, 5) is 12.6. The van der Waals surface area contributed by atoms with Crippen LogP contribution in [0.15, 0.2) is 42.5 Å². The van der Waals surface area contributed by atoms with Gasteiger partial charge >= 0.3 is 0 Å². The van der Waals surface area contributed by atoms with Gasteiger partial charge in [0.25, 0.3) is 5.91 Å². The van der Waals surface area contributed by atoms with Crippen LogP contribution in [-0.4, -0.2) is 12.0 Å². The van der Waals surface area contributed by atoms with Crippen molar-refractivity contribution in [1.82, 2.24) is 5.32 Å². The van der Waals surface area contributed by atoms with Crippen LogP contribution in [0, 0.1) is 20.8 Å². The average Bonchev–Trinajstić information content (AvgIpc) is 2.56. The first-order chi connectivity index (χ1) is 11.4. The topological polar surface area (TPSA) is 38.3 Å². The molecule has 0 radical (unpaired) electrons. The molecule has 2 aromatic rings. The zero-order valence-electron chi connectivity index (χ0n) is 15.2. The molecule has 128 valence electrons. The average molecular weight is 325 g/mol. The molecule has 2 rings (SSSR count). The molecule has 0 aliphatic heterocycles. The second-order valence-electron chi connectivity index (χ2n) is 6.37. The van der Waals surface area contributed by atoms with Gasteiger partial charge in [-0.25, -0.2) is 0 Å². The molecule has 0 spiro atoms. The maximum absolute atomic E-state index is 12.6. The number of aryl methyl sites for hydroxylation is 3. The lowest BCUT2D eigenvalue weighted by Crippen LogP contribution is -2.39. The lowest BCUT2D eigenvalue weighted by molar-refractivity contribution is -0.128. The van der Waals surface area contributed by atoms with Crippen molar-refractivity contribution in [3.63, 3.8) is 0 Å². The van der Waals surface area contributed by atoms with Crippen molar-refractivity contribution < 1.29 is 9.53 Å². The summed E-state index contributed by atoms with van der Waals surface area (Å²) in [5.74, 6) is 0.688. The van der Waals surface area contributed by atoms with Gasteiger partial charge in [-0.05, 0) is 56.9 Å². The Morgan fingerprint density at radius 3 is 2.46 bits per heavy atom. The molecule has 3 heteroatoms. The minimum absolute atomic E-state index is 0.0491. The summed E-state index contributed by atoms with van der Waals surface area (Å²) in [6, 6.07) is 14.0. The fourth-order valence-corrected chi connectivity index (χ4v) is 2.77. The minimum atomic E-state index is -0.487. The van der Waals surface area contributed by atoms with E-state index in [-0.39, 0.29) is 11.9 Å². The Morgan fingerprint density at radius 2 is 1.79 bits per heavy atom. The van der Waals surface area contributed by atoms with E-state index in [4.69, 9.17) is 4.74 Å². The molecule has 0 unspecified atom stereocenters. The maximum atomic E-state index is 12.6. The van der Waals surface area contributed by atoms with Gasteiger partial charge in [0, 0.05) is 0 Å². The molecule has 0 aliphatic carbocycles. The zero-order chi connectivity index (χ0) is 17.7. The van der Waals surface area contributed by atoms with Crippen LogP contribution in [0.1, 0.15) is 48.6 Å². The summed E-state index contributed by atoms with van der Waals surface area (Å²) >= 11 is 0. The molecule has 1 N–H and O–H groups in total. The van der Waals surface area contributed by atoms with Crippen LogP contribution in [0.4, 0.5) is 0 Å². The monoisotopic (exact) mass is 325 g/mol. The lowest BCUT2D eigenvalue weighted by atomic mass is 10.00. The highest BCUT2D eigenvalue weighted by Crippen LogP contribution is 2.21. The molecule has 0 fully saturated rings. The normalized spacial score (nSPS) is 13.2. The molecule has 3 nitrogen and oxygen atoms in total. The van der Waals surface area contributed by atoms with Crippen molar-refractivity contribution in [3.05, 3.63) is 64.7 Å². The second-order valence-corrected chi connectivity index (χ2v) is 6.37. The van der Waals surface area contributed by atoms with E-state index in [0.717, 1.165) is 16.9 Å². The van der Waals surface area contributed by atoms with Gasteiger partial charge in [-0.15, -0.1) is 0 Å². The first kappa shape index (κ1) is 18.1. The fraction of sp³-hybridized carbons (Fsp3) is 0.381. The summed E-state index contributed by atoms with van der Waals surface area (Å²) < 4.78 is 5.93. The van der Waals surface area contributed by atoms with Crippen molar-refractivity contribution >= 4 is 5.91 Å². The first-order valence-electron chi connectivity index (χ1n) is 8.52. The van der Waals surface area contributed by atoms with E-state index in [1.807, 2.05) is 45.0 Å². The number of nitrogens with one attached hydrogen (secondary N) is 1. The van der Waals surface area contributed by atoms with E-state index < -0.39 is 6.10 Å². The number of hydrogen-bond donors (Lipinski definition) is 1. The molecule has 0 heterocycles. The van der Waals surface area contributed by atoms with Gasteiger partial charge in [0.2, 0.25) is 0 Å².